The summed E-state index contributed by atoms with van der Waals surface area (Å²) in [6.07, 6.45) is 3.69. The molecule has 0 saturated heterocycles. The first kappa shape index (κ1) is 23.6. The molecule has 1 fully saturated rings. The molecule has 0 aliphatic heterocycles. The number of aryl methyl sites for hydroxylation is 1. The van der Waals surface area contributed by atoms with E-state index in [4.69, 9.17) is 0 Å². The first-order chi connectivity index (χ1) is 15.7. The molecule has 9 nitrogen and oxygen atoms in total. The Morgan fingerprint density at radius 3 is 2.58 bits per heavy atom. The van der Waals surface area contributed by atoms with Gasteiger partial charge in [-0.15, -0.1) is 0 Å². The number of amides is 1. The van der Waals surface area contributed by atoms with E-state index in [1.54, 1.807) is 24.9 Å². The first-order valence-corrected chi connectivity index (χ1v) is 13.8. The highest BCUT2D eigenvalue weighted by Gasteiger charge is 2.35. The summed E-state index contributed by atoms with van der Waals surface area (Å²) in [4.78, 5) is 28.4. The molecule has 12 heteroatoms. The van der Waals surface area contributed by atoms with Gasteiger partial charge in [0.15, 0.2) is 4.80 Å². The molecular formula is C21H22N4O5S3. The molecule has 3 aromatic rings. The number of rotatable bonds is 8. The predicted molar refractivity (Wildman–Crippen MR) is 129 cm³/mol. The van der Waals surface area contributed by atoms with E-state index >= 15 is 0 Å². The molecule has 1 aromatic heterocycles. The summed E-state index contributed by atoms with van der Waals surface area (Å²) < 4.78 is 29.3. The summed E-state index contributed by atoms with van der Waals surface area (Å²) in [5.74, 6) is 0.277. The number of nitro benzene ring substituents is 1. The second-order valence-corrected chi connectivity index (χ2v) is 11.6. The number of hydrogen-bond donors (Lipinski definition) is 0. The molecular weight excluding hydrogens is 484 g/mol. The van der Waals surface area contributed by atoms with Crippen molar-refractivity contribution in [3.63, 3.8) is 0 Å². The van der Waals surface area contributed by atoms with Crippen LogP contribution in [0, 0.1) is 10.1 Å². The largest absolute Gasteiger partial charge is 0.315 e. The van der Waals surface area contributed by atoms with Crippen LogP contribution in [0.1, 0.15) is 23.2 Å². The second-order valence-electron chi connectivity index (χ2n) is 7.63. The maximum atomic E-state index is 12.9. The number of nitrogens with zero attached hydrogens (tertiary/aromatic N) is 4. The lowest BCUT2D eigenvalue weighted by molar-refractivity contribution is -0.384. The lowest BCUT2D eigenvalue weighted by Gasteiger charge is -2.16. The predicted octanol–water partition coefficient (Wildman–Crippen LogP) is 3.50. The summed E-state index contributed by atoms with van der Waals surface area (Å²) in [5, 5.41) is 11.1. The number of thioether (sulfide) groups is 1. The highest BCUT2D eigenvalue weighted by molar-refractivity contribution is 7.98. The van der Waals surface area contributed by atoms with E-state index in [9.17, 15) is 23.3 Å². The minimum Gasteiger partial charge on any atom is -0.315 e. The number of aromatic nitrogens is 1. The molecule has 4 rings (SSSR count). The van der Waals surface area contributed by atoms with Crippen molar-refractivity contribution in [2.45, 2.75) is 30.3 Å². The molecule has 0 unspecified atom stereocenters. The van der Waals surface area contributed by atoms with Crippen LogP contribution in [0.4, 0.5) is 5.69 Å². The summed E-state index contributed by atoms with van der Waals surface area (Å²) in [5.41, 5.74) is 1.02. The third-order valence-corrected chi connectivity index (χ3v) is 8.99. The van der Waals surface area contributed by atoms with Crippen LogP contribution in [-0.4, -0.2) is 53.2 Å². The van der Waals surface area contributed by atoms with Gasteiger partial charge in [-0.1, -0.05) is 11.3 Å². The quantitative estimate of drug-likeness (QED) is 0.341. The van der Waals surface area contributed by atoms with Gasteiger partial charge in [-0.3, -0.25) is 14.9 Å². The van der Waals surface area contributed by atoms with E-state index in [1.165, 1.54) is 52.0 Å². The maximum Gasteiger partial charge on any atom is 0.279 e. The molecule has 33 heavy (non-hydrogen) atoms. The van der Waals surface area contributed by atoms with Crippen LogP contribution in [0.3, 0.4) is 0 Å². The number of fused-ring (bicyclic) bond motifs is 1. The van der Waals surface area contributed by atoms with Gasteiger partial charge in [-0.2, -0.15) is 21.1 Å². The SMILES string of the molecule is CSCCn1c(=NC(=O)c2ccc(S(=O)(=O)N(C)C3CC3)cc2)sc2cc([N+](=O)[O-])ccc21. The van der Waals surface area contributed by atoms with E-state index in [0.29, 0.717) is 16.0 Å². The normalized spacial score (nSPS) is 14.8. The fraction of sp³-hybridized carbons (Fsp3) is 0.333. The third kappa shape index (κ3) is 4.88. The zero-order valence-corrected chi connectivity index (χ0v) is 20.5. The zero-order chi connectivity index (χ0) is 23.8. The number of benzene rings is 2. The van der Waals surface area contributed by atoms with Gasteiger partial charge < -0.3 is 4.57 Å². The lowest BCUT2D eigenvalue weighted by Crippen LogP contribution is -2.28. The van der Waals surface area contributed by atoms with Gasteiger partial charge in [-0.05, 0) is 49.4 Å². The van der Waals surface area contributed by atoms with E-state index < -0.39 is 20.9 Å². The van der Waals surface area contributed by atoms with Gasteiger partial charge in [0, 0.05) is 43.1 Å². The average Bonchev–Trinajstić information content (AvgIpc) is 3.59. The van der Waals surface area contributed by atoms with Gasteiger partial charge >= 0.3 is 0 Å². The standard InChI is InChI=1S/C21H22N4O5S3/c1-23(15-5-6-15)33(29,30)17-8-3-14(4-9-17)20(26)22-21-24(11-12-31-2)18-10-7-16(25(27)28)13-19(18)32-21/h3-4,7-10,13,15H,5-6,11-12H2,1-2H3. The van der Waals surface area contributed by atoms with Gasteiger partial charge in [0.25, 0.3) is 11.6 Å². The lowest BCUT2D eigenvalue weighted by atomic mass is 10.2. The zero-order valence-electron chi connectivity index (χ0n) is 18.0. The average molecular weight is 507 g/mol. The van der Waals surface area contributed by atoms with Gasteiger partial charge in [-0.25, -0.2) is 8.42 Å². The summed E-state index contributed by atoms with van der Waals surface area (Å²) >= 11 is 2.85. The molecule has 174 valence electrons. The Labute approximate surface area is 199 Å². The number of hydrogen-bond acceptors (Lipinski definition) is 7. The monoisotopic (exact) mass is 506 g/mol. The molecule has 1 saturated carbocycles. The summed E-state index contributed by atoms with van der Waals surface area (Å²) in [7, 11) is -2.02. The highest BCUT2D eigenvalue weighted by Crippen LogP contribution is 2.30. The number of sulfonamides is 1. The van der Waals surface area contributed by atoms with Crippen molar-refractivity contribution in [1.82, 2.24) is 8.87 Å². The Kier molecular flexibility index (Phi) is 6.71. The van der Waals surface area contributed by atoms with Gasteiger partial charge in [0.1, 0.15) is 0 Å². The van der Waals surface area contributed by atoms with Crippen LogP contribution in [0.5, 0.6) is 0 Å². The van der Waals surface area contributed by atoms with Crippen molar-refractivity contribution in [3.8, 4) is 0 Å². The Bertz CT molecular complexity index is 1390. The molecule has 0 spiro atoms. The number of nitro groups is 1. The van der Waals surface area contributed by atoms with E-state index in [2.05, 4.69) is 4.99 Å². The third-order valence-electron chi connectivity index (χ3n) is 5.43. The Morgan fingerprint density at radius 1 is 1.27 bits per heavy atom. The highest BCUT2D eigenvalue weighted by atomic mass is 32.2. The topological polar surface area (TPSA) is 115 Å². The minimum atomic E-state index is -3.59. The number of carbonyl (C=O) groups is 1. The minimum absolute atomic E-state index is 0.0217. The maximum absolute atomic E-state index is 12.9. The first-order valence-electron chi connectivity index (χ1n) is 10.2. The van der Waals surface area contributed by atoms with Crippen LogP contribution in [-0.2, 0) is 16.6 Å². The molecule has 1 aliphatic rings. The number of thiazole rings is 1. The molecule has 1 aliphatic carbocycles. The molecule has 1 amide bonds. The van der Waals surface area contributed by atoms with Crippen molar-refractivity contribution < 1.29 is 18.1 Å². The van der Waals surface area contributed by atoms with E-state index in [-0.39, 0.29) is 22.2 Å². The number of non-ortho nitro benzene ring substituents is 1. The second kappa shape index (κ2) is 9.37. The fourth-order valence-electron chi connectivity index (χ4n) is 3.38. The van der Waals surface area contributed by atoms with E-state index in [1.807, 2.05) is 10.8 Å². The summed E-state index contributed by atoms with van der Waals surface area (Å²) in [6.45, 7) is 0.593. The van der Waals surface area contributed by atoms with Crippen molar-refractivity contribution in [2.24, 2.45) is 4.99 Å². The van der Waals surface area contributed by atoms with Crippen molar-refractivity contribution in [3.05, 3.63) is 62.9 Å². The van der Waals surface area contributed by atoms with Crippen molar-refractivity contribution >= 4 is 54.9 Å². The Balaban J connectivity index is 1.68. The van der Waals surface area contributed by atoms with Crippen LogP contribution in [0.25, 0.3) is 10.2 Å². The van der Waals surface area contributed by atoms with Crippen LogP contribution < -0.4 is 4.80 Å². The molecule has 0 atom stereocenters. The number of carbonyl (C=O) groups excluding carboxylic acids is 1. The molecule has 0 bridgehead atoms. The van der Waals surface area contributed by atoms with Crippen LogP contribution in [0.15, 0.2) is 52.4 Å². The molecule has 0 N–H and O–H groups in total. The van der Waals surface area contributed by atoms with Gasteiger partial charge in [0.2, 0.25) is 10.0 Å². The van der Waals surface area contributed by atoms with Crippen LogP contribution in [0.2, 0.25) is 0 Å². The molecule has 2 aromatic carbocycles. The fourth-order valence-corrected chi connectivity index (χ4v) is 6.25. The van der Waals surface area contributed by atoms with Crippen molar-refractivity contribution in [2.75, 3.05) is 19.1 Å². The van der Waals surface area contributed by atoms with Gasteiger partial charge in [0.05, 0.1) is 20.0 Å². The Hall–Kier alpha value is -2.54. The summed E-state index contributed by atoms with van der Waals surface area (Å²) in [6, 6.07) is 10.4. The van der Waals surface area contributed by atoms with Crippen molar-refractivity contribution in [1.29, 1.82) is 0 Å². The smallest absolute Gasteiger partial charge is 0.279 e. The molecule has 1 heterocycles. The van der Waals surface area contributed by atoms with E-state index in [0.717, 1.165) is 24.1 Å². The van der Waals surface area contributed by atoms with Crippen LogP contribution >= 0.6 is 23.1 Å². The Morgan fingerprint density at radius 2 is 1.97 bits per heavy atom. The molecule has 0 radical (unpaired) electrons.